The number of benzene rings is 2. The van der Waals surface area contributed by atoms with Crippen molar-refractivity contribution >= 4 is 11.0 Å². The van der Waals surface area contributed by atoms with Crippen molar-refractivity contribution in [2.45, 2.75) is 20.4 Å². The molecule has 0 spiro atoms. The van der Waals surface area contributed by atoms with E-state index in [9.17, 15) is 4.79 Å². The van der Waals surface area contributed by atoms with Crippen molar-refractivity contribution in [3.05, 3.63) is 52.4 Å². The van der Waals surface area contributed by atoms with Crippen LogP contribution in [0.25, 0.3) is 22.1 Å². The maximum Gasteiger partial charge on any atom is 0.344 e. The average molecular weight is 395 g/mol. The fraction of sp³-hybridized carbons (Fsp3) is 0.348. The highest BCUT2D eigenvalue weighted by atomic mass is 16.5. The van der Waals surface area contributed by atoms with Crippen LogP contribution in [-0.2, 0) is 6.54 Å². The van der Waals surface area contributed by atoms with Crippen LogP contribution in [0, 0.1) is 5.92 Å². The van der Waals surface area contributed by atoms with Crippen LogP contribution in [0.3, 0.4) is 0 Å². The second kappa shape index (κ2) is 7.79. The van der Waals surface area contributed by atoms with Gasteiger partial charge in [-0.15, -0.1) is 0 Å². The average Bonchev–Trinajstić information content (AvgIpc) is 2.72. The molecule has 2 aromatic carbocycles. The molecule has 1 aliphatic heterocycles. The van der Waals surface area contributed by atoms with Gasteiger partial charge in [-0.05, 0) is 42.3 Å². The number of hydrogen-bond donors (Lipinski definition) is 0. The van der Waals surface area contributed by atoms with E-state index in [4.69, 9.17) is 18.6 Å². The SMILES string of the molecule is COc1ccc(OC)c(-c2cc3ccc4c(c3oc2=O)CN(CC(C)C)CO4)c1. The smallest absolute Gasteiger partial charge is 0.344 e. The largest absolute Gasteiger partial charge is 0.497 e. The first-order valence-corrected chi connectivity index (χ1v) is 9.67. The van der Waals surface area contributed by atoms with Crippen molar-refractivity contribution in [2.24, 2.45) is 5.92 Å². The molecule has 0 N–H and O–H groups in total. The highest BCUT2D eigenvalue weighted by Crippen LogP contribution is 2.36. The van der Waals surface area contributed by atoms with E-state index in [0.29, 0.717) is 47.4 Å². The van der Waals surface area contributed by atoms with E-state index in [1.165, 1.54) is 0 Å². The van der Waals surface area contributed by atoms with Crippen molar-refractivity contribution < 1.29 is 18.6 Å². The predicted octanol–water partition coefficient (Wildman–Crippen LogP) is 4.29. The number of methoxy groups -OCH3 is 2. The van der Waals surface area contributed by atoms with Gasteiger partial charge in [0, 0.05) is 24.0 Å². The summed E-state index contributed by atoms with van der Waals surface area (Å²) in [4.78, 5) is 15.1. The van der Waals surface area contributed by atoms with Gasteiger partial charge in [0.2, 0.25) is 0 Å². The summed E-state index contributed by atoms with van der Waals surface area (Å²) in [6.45, 7) is 6.49. The molecule has 4 rings (SSSR count). The van der Waals surface area contributed by atoms with E-state index in [1.807, 2.05) is 18.2 Å². The van der Waals surface area contributed by atoms with Crippen molar-refractivity contribution in [1.29, 1.82) is 0 Å². The fourth-order valence-corrected chi connectivity index (χ4v) is 3.79. The molecule has 6 heteroatoms. The molecule has 29 heavy (non-hydrogen) atoms. The Morgan fingerprint density at radius 2 is 1.90 bits per heavy atom. The second-order valence-electron chi connectivity index (χ2n) is 7.65. The Labute approximate surface area is 169 Å². The van der Waals surface area contributed by atoms with Crippen LogP contribution < -0.4 is 19.8 Å². The van der Waals surface area contributed by atoms with Gasteiger partial charge < -0.3 is 18.6 Å². The van der Waals surface area contributed by atoms with Gasteiger partial charge in [0.05, 0.1) is 25.3 Å². The lowest BCUT2D eigenvalue weighted by Gasteiger charge is -2.30. The summed E-state index contributed by atoms with van der Waals surface area (Å²) >= 11 is 0. The van der Waals surface area contributed by atoms with E-state index in [1.54, 1.807) is 32.4 Å². The summed E-state index contributed by atoms with van der Waals surface area (Å²) in [5.41, 5.74) is 2.14. The van der Waals surface area contributed by atoms with Crippen LogP contribution in [0.2, 0.25) is 0 Å². The number of ether oxygens (including phenoxy) is 3. The van der Waals surface area contributed by atoms with Crippen LogP contribution in [0.4, 0.5) is 0 Å². The van der Waals surface area contributed by atoms with E-state index in [2.05, 4.69) is 18.7 Å². The Morgan fingerprint density at radius 3 is 2.62 bits per heavy atom. The van der Waals surface area contributed by atoms with E-state index in [-0.39, 0.29) is 0 Å². The summed E-state index contributed by atoms with van der Waals surface area (Å²) in [6, 6.07) is 11.1. The Morgan fingerprint density at radius 1 is 1.07 bits per heavy atom. The molecule has 1 aliphatic rings. The number of hydrogen-bond acceptors (Lipinski definition) is 6. The molecule has 0 fully saturated rings. The van der Waals surface area contributed by atoms with Gasteiger partial charge in [0.15, 0.2) is 0 Å². The summed E-state index contributed by atoms with van der Waals surface area (Å²) in [6.07, 6.45) is 0. The topological polar surface area (TPSA) is 61.1 Å². The van der Waals surface area contributed by atoms with Crippen molar-refractivity contribution in [2.75, 3.05) is 27.5 Å². The molecular formula is C23H25NO5. The molecule has 1 aromatic heterocycles. The Bertz CT molecular complexity index is 1100. The molecule has 0 radical (unpaired) electrons. The van der Waals surface area contributed by atoms with Crippen molar-refractivity contribution in [1.82, 2.24) is 4.90 Å². The van der Waals surface area contributed by atoms with Gasteiger partial charge in [0.1, 0.15) is 29.6 Å². The molecule has 0 bridgehead atoms. The highest BCUT2D eigenvalue weighted by Gasteiger charge is 2.23. The summed E-state index contributed by atoms with van der Waals surface area (Å²) in [5.74, 6) is 2.52. The molecule has 0 atom stereocenters. The van der Waals surface area contributed by atoms with Gasteiger partial charge in [-0.25, -0.2) is 4.79 Å². The van der Waals surface area contributed by atoms with Gasteiger partial charge in [-0.1, -0.05) is 13.8 Å². The zero-order chi connectivity index (χ0) is 20.5. The van der Waals surface area contributed by atoms with Gasteiger partial charge in [0.25, 0.3) is 0 Å². The molecule has 3 aromatic rings. The molecule has 0 aliphatic carbocycles. The third-order valence-electron chi connectivity index (χ3n) is 5.07. The molecule has 0 saturated heterocycles. The monoisotopic (exact) mass is 395 g/mol. The Hall–Kier alpha value is -2.99. The molecule has 0 amide bonds. The first kappa shape index (κ1) is 19.3. The quantitative estimate of drug-likeness (QED) is 0.601. The second-order valence-corrected chi connectivity index (χ2v) is 7.65. The highest BCUT2D eigenvalue weighted by molar-refractivity contribution is 5.87. The standard InChI is InChI=1S/C23H25NO5/c1-14(2)11-24-12-19-21(28-13-24)7-5-15-9-18(23(25)29-22(15)19)17-10-16(26-3)6-8-20(17)27-4/h5-10,14H,11-13H2,1-4H3. The first-order chi connectivity index (χ1) is 14.0. The van der Waals surface area contributed by atoms with E-state index in [0.717, 1.165) is 23.2 Å². The van der Waals surface area contributed by atoms with Crippen LogP contribution >= 0.6 is 0 Å². The zero-order valence-corrected chi connectivity index (χ0v) is 17.2. The van der Waals surface area contributed by atoms with Crippen LogP contribution in [-0.4, -0.2) is 32.4 Å². The molecule has 6 nitrogen and oxygen atoms in total. The van der Waals surface area contributed by atoms with Crippen LogP contribution in [0.15, 0.2) is 45.6 Å². The lowest BCUT2D eigenvalue weighted by molar-refractivity contribution is 0.0848. The lowest BCUT2D eigenvalue weighted by atomic mass is 10.0. The minimum Gasteiger partial charge on any atom is -0.497 e. The van der Waals surface area contributed by atoms with Gasteiger partial charge in [-0.3, -0.25) is 4.90 Å². The summed E-state index contributed by atoms with van der Waals surface area (Å²) < 4.78 is 22.5. The van der Waals surface area contributed by atoms with Gasteiger partial charge in [-0.2, -0.15) is 0 Å². The third kappa shape index (κ3) is 3.68. The van der Waals surface area contributed by atoms with Crippen LogP contribution in [0.5, 0.6) is 17.2 Å². The molecule has 0 saturated carbocycles. The Kier molecular flexibility index (Phi) is 5.20. The number of nitrogens with zero attached hydrogens (tertiary/aromatic N) is 1. The summed E-state index contributed by atoms with van der Waals surface area (Å²) in [5, 5.41) is 0.846. The third-order valence-corrected chi connectivity index (χ3v) is 5.07. The first-order valence-electron chi connectivity index (χ1n) is 9.67. The Balaban J connectivity index is 1.83. The minimum absolute atomic E-state index is 0.418. The molecule has 2 heterocycles. The zero-order valence-electron chi connectivity index (χ0n) is 17.2. The minimum atomic E-state index is -0.418. The predicted molar refractivity (Wildman–Crippen MR) is 112 cm³/mol. The fourth-order valence-electron chi connectivity index (χ4n) is 3.79. The molecule has 152 valence electrons. The summed E-state index contributed by atoms with van der Waals surface area (Å²) in [7, 11) is 3.16. The van der Waals surface area contributed by atoms with Crippen molar-refractivity contribution in [3.63, 3.8) is 0 Å². The van der Waals surface area contributed by atoms with Crippen molar-refractivity contribution in [3.8, 4) is 28.4 Å². The maximum atomic E-state index is 12.9. The van der Waals surface area contributed by atoms with Crippen LogP contribution in [0.1, 0.15) is 19.4 Å². The van der Waals surface area contributed by atoms with E-state index >= 15 is 0 Å². The molecular weight excluding hydrogens is 370 g/mol. The normalized spacial score (nSPS) is 14.0. The lowest BCUT2D eigenvalue weighted by Crippen LogP contribution is -2.34. The molecule has 0 unspecified atom stereocenters. The number of rotatable bonds is 5. The van der Waals surface area contributed by atoms with E-state index < -0.39 is 5.63 Å². The maximum absolute atomic E-state index is 12.9. The van der Waals surface area contributed by atoms with Gasteiger partial charge >= 0.3 is 5.63 Å². The number of fused-ring (bicyclic) bond motifs is 3.